The summed E-state index contributed by atoms with van der Waals surface area (Å²) in [5.74, 6) is 0.431. The SMILES string of the molecule is CCOC(=O)CN(CC(=O)N1CCCC(C)C1)C(C)C. The first-order valence-corrected chi connectivity index (χ1v) is 7.61. The van der Waals surface area contributed by atoms with Gasteiger partial charge in [-0.05, 0) is 39.5 Å². The van der Waals surface area contributed by atoms with Crippen molar-refractivity contribution < 1.29 is 14.3 Å². The third kappa shape index (κ3) is 5.49. The summed E-state index contributed by atoms with van der Waals surface area (Å²) in [7, 11) is 0. The number of nitrogens with zero attached hydrogens (tertiary/aromatic N) is 2. The van der Waals surface area contributed by atoms with Crippen LogP contribution in [0.3, 0.4) is 0 Å². The molecule has 1 rings (SSSR count). The molecule has 1 aliphatic heterocycles. The predicted octanol–water partition coefficient (Wildman–Crippen LogP) is 1.52. The van der Waals surface area contributed by atoms with E-state index >= 15 is 0 Å². The highest BCUT2D eigenvalue weighted by Crippen LogP contribution is 2.16. The molecule has 0 radical (unpaired) electrons. The van der Waals surface area contributed by atoms with Crippen molar-refractivity contribution in [3.05, 3.63) is 0 Å². The third-order valence-electron chi connectivity index (χ3n) is 3.72. The van der Waals surface area contributed by atoms with Crippen LogP contribution in [0.2, 0.25) is 0 Å². The number of hydrogen-bond donors (Lipinski definition) is 0. The molecule has 20 heavy (non-hydrogen) atoms. The Bertz CT molecular complexity index is 331. The van der Waals surface area contributed by atoms with Gasteiger partial charge < -0.3 is 9.64 Å². The van der Waals surface area contributed by atoms with Crippen LogP contribution in [0.5, 0.6) is 0 Å². The van der Waals surface area contributed by atoms with Crippen molar-refractivity contribution >= 4 is 11.9 Å². The van der Waals surface area contributed by atoms with Gasteiger partial charge in [0.25, 0.3) is 0 Å². The van der Waals surface area contributed by atoms with Gasteiger partial charge in [-0.25, -0.2) is 0 Å². The highest BCUT2D eigenvalue weighted by atomic mass is 16.5. The summed E-state index contributed by atoms with van der Waals surface area (Å²) in [6.07, 6.45) is 2.27. The van der Waals surface area contributed by atoms with Crippen LogP contribution < -0.4 is 0 Å². The van der Waals surface area contributed by atoms with Crippen LogP contribution in [0.15, 0.2) is 0 Å². The Morgan fingerprint density at radius 1 is 1.35 bits per heavy atom. The summed E-state index contributed by atoms with van der Waals surface area (Å²) in [5, 5.41) is 0. The van der Waals surface area contributed by atoms with Gasteiger partial charge in [0.15, 0.2) is 0 Å². The lowest BCUT2D eigenvalue weighted by atomic mass is 10.0. The minimum Gasteiger partial charge on any atom is -0.465 e. The van der Waals surface area contributed by atoms with E-state index < -0.39 is 0 Å². The van der Waals surface area contributed by atoms with Gasteiger partial charge in [-0.15, -0.1) is 0 Å². The molecule has 116 valence electrons. The Morgan fingerprint density at radius 2 is 2.05 bits per heavy atom. The second kappa shape index (κ2) is 8.25. The predicted molar refractivity (Wildman–Crippen MR) is 78.3 cm³/mol. The van der Waals surface area contributed by atoms with Gasteiger partial charge in [0.1, 0.15) is 0 Å². The molecule has 0 aliphatic carbocycles. The number of carbonyl (C=O) groups excluding carboxylic acids is 2. The van der Waals surface area contributed by atoms with Gasteiger partial charge in [-0.3, -0.25) is 14.5 Å². The molecule has 1 heterocycles. The number of esters is 1. The van der Waals surface area contributed by atoms with E-state index in [0.29, 0.717) is 19.1 Å². The highest BCUT2D eigenvalue weighted by Gasteiger charge is 2.24. The monoisotopic (exact) mass is 284 g/mol. The number of amides is 1. The normalized spacial score (nSPS) is 19.5. The summed E-state index contributed by atoms with van der Waals surface area (Å²) >= 11 is 0. The van der Waals surface area contributed by atoms with Gasteiger partial charge in [0.2, 0.25) is 5.91 Å². The van der Waals surface area contributed by atoms with Gasteiger partial charge in [-0.1, -0.05) is 6.92 Å². The molecule has 1 saturated heterocycles. The van der Waals surface area contributed by atoms with E-state index in [1.165, 1.54) is 6.42 Å². The van der Waals surface area contributed by atoms with Crippen molar-refractivity contribution in [3.63, 3.8) is 0 Å². The maximum Gasteiger partial charge on any atom is 0.320 e. The van der Waals surface area contributed by atoms with Gasteiger partial charge in [0.05, 0.1) is 19.7 Å². The van der Waals surface area contributed by atoms with Gasteiger partial charge >= 0.3 is 5.97 Å². The van der Waals surface area contributed by atoms with Crippen LogP contribution in [0, 0.1) is 5.92 Å². The number of ether oxygens (including phenoxy) is 1. The number of rotatable bonds is 6. The van der Waals surface area contributed by atoms with Crippen molar-refractivity contribution in [1.29, 1.82) is 0 Å². The Morgan fingerprint density at radius 3 is 2.60 bits per heavy atom. The minimum atomic E-state index is -0.263. The summed E-state index contributed by atoms with van der Waals surface area (Å²) in [4.78, 5) is 27.7. The van der Waals surface area contributed by atoms with E-state index in [9.17, 15) is 9.59 Å². The molecule has 0 bridgehead atoms. The van der Waals surface area contributed by atoms with Crippen LogP contribution in [-0.4, -0.2) is 60.5 Å². The van der Waals surface area contributed by atoms with Crippen LogP contribution >= 0.6 is 0 Å². The number of hydrogen-bond acceptors (Lipinski definition) is 4. The molecule has 5 nitrogen and oxygen atoms in total. The zero-order valence-corrected chi connectivity index (χ0v) is 13.2. The molecule has 1 amide bonds. The third-order valence-corrected chi connectivity index (χ3v) is 3.72. The molecule has 5 heteroatoms. The number of piperidine rings is 1. The molecule has 1 atom stereocenters. The van der Waals surface area contributed by atoms with Crippen molar-refractivity contribution in [2.45, 2.75) is 46.6 Å². The fraction of sp³-hybridized carbons (Fsp3) is 0.867. The first-order chi connectivity index (χ1) is 9.43. The second-order valence-electron chi connectivity index (χ2n) is 5.89. The molecule has 0 aromatic rings. The molecule has 1 unspecified atom stereocenters. The molecule has 0 aromatic carbocycles. The Hall–Kier alpha value is -1.10. The van der Waals surface area contributed by atoms with Crippen molar-refractivity contribution in [2.24, 2.45) is 5.92 Å². The van der Waals surface area contributed by atoms with E-state index in [1.54, 1.807) is 6.92 Å². The number of likely N-dealkylation sites (tertiary alicyclic amines) is 1. The Labute approximate surface area is 122 Å². The van der Waals surface area contributed by atoms with Crippen LogP contribution in [0.1, 0.15) is 40.5 Å². The quantitative estimate of drug-likeness (QED) is 0.694. The lowest BCUT2D eigenvalue weighted by Gasteiger charge is -2.33. The van der Waals surface area contributed by atoms with Crippen LogP contribution in [0.4, 0.5) is 0 Å². The van der Waals surface area contributed by atoms with Crippen LogP contribution in [0.25, 0.3) is 0 Å². The average Bonchev–Trinajstić information content (AvgIpc) is 2.38. The second-order valence-corrected chi connectivity index (χ2v) is 5.89. The van der Waals surface area contributed by atoms with Crippen LogP contribution in [-0.2, 0) is 14.3 Å². The zero-order valence-electron chi connectivity index (χ0n) is 13.2. The molecular weight excluding hydrogens is 256 g/mol. The van der Waals surface area contributed by atoms with Crippen molar-refractivity contribution in [3.8, 4) is 0 Å². The molecule has 0 aromatic heterocycles. The summed E-state index contributed by atoms with van der Waals surface area (Å²) in [6.45, 7) is 10.5. The highest BCUT2D eigenvalue weighted by molar-refractivity contribution is 5.79. The van der Waals surface area contributed by atoms with E-state index in [4.69, 9.17) is 4.74 Å². The smallest absolute Gasteiger partial charge is 0.320 e. The molecular formula is C15H28N2O3. The largest absolute Gasteiger partial charge is 0.465 e. The Balaban J connectivity index is 2.51. The zero-order chi connectivity index (χ0) is 15.1. The maximum absolute atomic E-state index is 12.3. The lowest BCUT2D eigenvalue weighted by molar-refractivity contribution is -0.146. The van der Waals surface area contributed by atoms with E-state index in [1.807, 2.05) is 23.6 Å². The summed E-state index contributed by atoms with van der Waals surface area (Å²) in [5.41, 5.74) is 0. The first kappa shape index (κ1) is 17.0. The maximum atomic E-state index is 12.3. The molecule has 1 aliphatic rings. The Kier molecular flexibility index (Phi) is 6.99. The van der Waals surface area contributed by atoms with E-state index in [0.717, 1.165) is 19.5 Å². The average molecular weight is 284 g/mol. The fourth-order valence-electron chi connectivity index (χ4n) is 2.48. The molecule has 1 fully saturated rings. The molecule has 0 spiro atoms. The number of carbonyl (C=O) groups is 2. The first-order valence-electron chi connectivity index (χ1n) is 7.61. The topological polar surface area (TPSA) is 49.9 Å². The van der Waals surface area contributed by atoms with Crippen molar-refractivity contribution in [2.75, 3.05) is 32.8 Å². The molecule has 0 saturated carbocycles. The molecule has 0 N–H and O–H groups in total. The fourth-order valence-corrected chi connectivity index (χ4v) is 2.48. The summed E-state index contributed by atoms with van der Waals surface area (Å²) in [6, 6.07) is 0.144. The minimum absolute atomic E-state index is 0.120. The van der Waals surface area contributed by atoms with E-state index in [2.05, 4.69) is 6.92 Å². The van der Waals surface area contributed by atoms with E-state index in [-0.39, 0.29) is 24.5 Å². The standard InChI is InChI=1S/C15H28N2O3/c1-5-20-15(19)11-17(12(2)3)10-14(18)16-8-6-7-13(4)9-16/h12-13H,5-11H2,1-4H3. The lowest BCUT2D eigenvalue weighted by Crippen LogP contribution is -2.47. The van der Waals surface area contributed by atoms with Crippen molar-refractivity contribution in [1.82, 2.24) is 9.80 Å². The van der Waals surface area contributed by atoms with Gasteiger partial charge in [-0.2, -0.15) is 0 Å². The summed E-state index contributed by atoms with van der Waals surface area (Å²) < 4.78 is 4.96. The van der Waals surface area contributed by atoms with Gasteiger partial charge in [0, 0.05) is 19.1 Å².